The maximum Gasteiger partial charge on any atom is 0.0640 e. The Morgan fingerprint density at radius 3 is 2.85 bits per heavy atom. The normalized spacial score (nSPS) is 24.5. The molecule has 1 aliphatic carbocycles. The lowest BCUT2D eigenvalue weighted by Crippen LogP contribution is -2.03. The molecular weight excluding hydrogens is 158 g/mol. The molecule has 0 aromatic carbocycles. The van der Waals surface area contributed by atoms with Gasteiger partial charge in [0.2, 0.25) is 0 Å². The van der Waals surface area contributed by atoms with Crippen LogP contribution in [0.4, 0.5) is 0 Å². The average Bonchev–Trinajstić information content (AvgIpc) is 2.27. The predicted octanol–water partition coefficient (Wildman–Crippen LogP) is 2.91. The van der Waals surface area contributed by atoms with Crippen LogP contribution in [0.15, 0.2) is 40.9 Å². The van der Waals surface area contributed by atoms with Gasteiger partial charge >= 0.3 is 0 Å². The van der Waals surface area contributed by atoms with Crippen LogP contribution >= 0.6 is 0 Å². The van der Waals surface area contributed by atoms with Gasteiger partial charge in [-0.05, 0) is 18.1 Å². The summed E-state index contributed by atoms with van der Waals surface area (Å²) in [5.41, 5.74) is 2.60. The van der Waals surface area contributed by atoms with Crippen molar-refractivity contribution in [2.24, 2.45) is 10.4 Å². The van der Waals surface area contributed by atoms with Crippen molar-refractivity contribution in [1.29, 1.82) is 0 Å². The Labute approximate surface area is 79.6 Å². The molecule has 13 heavy (non-hydrogen) atoms. The van der Waals surface area contributed by atoms with Crippen LogP contribution in [0.2, 0.25) is 0 Å². The molecule has 2 aliphatic rings. The summed E-state index contributed by atoms with van der Waals surface area (Å²) in [4.78, 5) is 4.49. The highest BCUT2D eigenvalue weighted by Crippen LogP contribution is 2.25. The van der Waals surface area contributed by atoms with Gasteiger partial charge in [-0.3, -0.25) is 4.99 Å². The number of fused-ring (bicyclic) bond motifs is 1. The van der Waals surface area contributed by atoms with Gasteiger partial charge in [0, 0.05) is 12.0 Å². The summed E-state index contributed by atoms with van der Waals surface area (Å²) in [6.07, 6.45) is 12.1. The zero-order valence-electron chi connectivity index (χ0n) is 8.25. The summed E-state index contributed by atoms with van der Waals surface area (Å²) in [5.74, 6) is 0. The Bertz CT molecular complexity index is 295. The molecule has 1 nitrogen and oxygen atoms in total. The first-order valence-corrected chi connectivity index (χ1v) is 4.81. The van der Waals surface area contributed by atoms with E-state index in [4.69, 9.17) is 0 Å². The fraction of sp³-hybridized carbons (Fsp3) is 0.417. The first-order chi connectivity index (χ1) is 6.17. The van der Waals surface area contributed by atoms with Crippen LogP contribution in [-0.2, 0) is 0 Å². The average molecular weight is 173 g/mol. The van der Waals surface area contributed by atoms with Crippen molar-refractivity contribution in [3.05, 3.63) is 36.0 Å². The lowest BCUT2D eigenvalue weighted by Gasteiger charge is -2.11. The minimum atomic E-state index is 0.167. The smallest absolute Gasteiger partial charge is 0.0640 e. The lowest BCUT2D eigenvalue weighted by molar-refractivity contribution is 0.627. The standard InChI is InChI=1S/C12H15N/c1-12(2)7-5-10-4-3-9-13-11(10)6-8-12/h4-8H,3,9H2,1-2H3. The van der Waals surface area contributed by atoms with Gasteiger partial charge in [-0.15, -0.1) is 0 Å². The third-order valence-electron chi connectivity index (χ3n) is 2.43. The maximum atomic E-state index is 4.49. The number of allylic oxidation sites excluding steroid dienone is 5. The van der Waals surface area contributed by atoms with Crippen molar-refractivity contribution >= 4 is 5.71 Å². The Balaban J connectivity index is 2.41. The first-order valence-electron chi connectivity index (χ1n) is 4.81. The molecule has 0 N–H and O–H groups in total. The second-order valence-corrected chi connectivity index (χ2v) is 4.20. The molecule has 1 heteroatoms. The molecule has 0 aromatic rings. The zero-order chi connectivity index (χ0) is 9.31. The maximum absolute atomic E-state index is 4.49. The Morgan fingerprint density at radius 1 is 1.23 bits per heavy atom. The van der Waals surface area contributed by atoms with E-state index in [0.717, 1.165) is 18.7 Å². The second-order valence-electron chi connectivity index (χ2n) is 4.20. The molecule has 0 fully saturated rings. The highest BCUT2D eigenvalue weighted by molar-refractivity contribution is 6.11. The van der Waals surface area contributed by atoms with E-state index in [-0.39, 0.29) is 5.41 Å². The summed E-state index contributed by atoms with van der Waals surface area (Å²) < 4.78 is 0. The number of dihydropyridines is 1. The summed E-state index contributed by atoms with van der Waals surface area (Å²) in [6.45, 7) is 5.36. The molecule has 1 heterocycles. The molecule has 0 unspecified atom stereocenters. The van der Waals surface area contributed by atoms with Crippen LogP contribution < -0.4 is 0 Å². The predicted molar refractivity (Wildman–Crippen MR) is 57.1 cm³/mol. The van der Waals surface area contributed by atoms with Crippen LogP contribution in [-0.4, -0.2) is 12.3 Å². The number of nitrogens with zero attached hydrogens (tertiary/aromatic N) is 1. The summed E-state index contributed by atoms with van der Waals surface area (Å²) in [6, 6.07) is 0. The number of rotatable bonds is 0. The van der Waals surface area contributed by atoms with E-state index in [9.17, 15) is 0 Å². The SMILES string of the molecule is CC1(C)C=CC2=CCCN=C2C=C1. The molecule has 0 aromatic heterocycles. The fourth-order valence-corrected chi connectivity index (χ4v) is 1.56. The quantitative estimate of drug-likeness (QED) is 0.534. The molecule has 0 amide bonds. The van der Waals surface area contributed by atoms with E-state index in [1.54, 1.807) is 0 Å². The van der Waals surface area contributed by atoms with Gasteiger partial charge in [-0.25, -0.2) is 0 Å². The summed E-state index contributed by atoms with van der Waals surface area (Å²) in [5, 5.41) is 0. The van der Waals surface area contributed by atoms with Gasteiger partial charge < -0.3 is 0 Å². The molecule has 0 atom stereocenters. The number of hydrogen-bond acceptors (Lipinski definition) is 1. The van der Waals surface area contributed by atoms with Crippen molar-refractivity contribution in [3.63, 3.8) is 0 Å². The molecule has 1 aliphatic heterocycles. The summed E-state index contributed by atoms with van der Waals surface area (Å²) in [7, 11) is 0. The van der Waals surface area contributed by atoms with Crippen LogP contribution in [0.1, 0.15) is 20.3 Å². The van der Waals surface area contributed by atoms with Crippen molar-refractivity contribution in [2.75, 3.05) is 6.54 Å². The largest absolute Gasteiger partial charge is 0.284 e. The molecule has 0 spiro atoms. The van der Waals surface area contributed by atoms with Crippen LogP contribution in [0.3, 0.4) is 0 Å². The fourth-order valence-electron chi connectivity index (χ4n) is 1.56. The molecule has 2 rings (SSSR count). The third kappa shape index (κ3) is 1.80. The highest BCUT2D eigenvalue weighted by Gasteiger charge is 2.15. The molecule has 68 valence electrons. The monoisotopic (exact) mass is 173 g/mol. The molecule has 0 radical (unpaired) electrons. The lowest BCUT2D eigenvalue weighted by atomic mass is 9.93. The molecule has 0 saturated carbocycles. The zero-order valence-corrected chi connectivity index (χ0v) is 8.25. The van der Waals surface area contributed by atoms with E-state index in [2.05, 4.69) is 49.2 Å². The molecule has 0 bridgehead atoms. The van der Waals surface area contributed by atoms with Crippen LogP contribution in [0, 0.1) is 5.41 Å². The van der Waals surface area contributed by atoms with Crippen molar-refractivity contribution < 1.29 is 0 Å². The van der Waals surface area contributed by atoms with Gasteiger partial charge in [0.1, 0.15) is 0 Å². The Hall–Kier alpha value is -1.11. The molecule has 0 saturated heterocycles. The third-order valence-corrected chi connectivity index (χ3v) is 2.43. The van der Waals surface area contributed by atoms with Gasteiger partial charge in [0.25, 0.3) is 0 Å². The number of aliphatic imine (C=N–C) groups is 1. The van der Waals surface area contributed by atoms with E-state index < -0.39 is 0 Å². The number of hydrogen-bond donors (Lipinski definition) is 0. The van der Waals surface area contributed by atoms with E-state index in [0.29, 0.717) is 0 Å². The van der Waals surface area contributed by atoms with Crippen molar-refractivity contribution in [2.45, 2.75) is 20.3 Å². The second kappa shape index (κ2) is 2.99. The topological polar surface area (TPSA) is 12.4 Å². The van der Waals surface area contributed by atoms with Crippen LogP contribution in [0.5, 0.6) is 0 Å². The van der Waals surface area contributed by atoms with E-state index in [1.807, 2.05) is 0 Å². The highest BCUT2D eigenvalue weighted by atomic mass is 14.7. The van der Waals surface area contributed by atoms with Crippen molar-refractivity contribution in [3.8, 4) is 0 Å². The van der Waals surface area contributed by atoms with Crippen LogP contribution in [0.25, 0.3) is 0 Å². The van der Waals surface area contributed by atoms with Gasteiger partial charge in [-0.1, -0.05) is 38.2 Å². The summed E-state index contributed by atoms with van der Waals surface area (Å²) >= 11 is 0. The van der Waals surface area contributed by atoms with Crippen molar-refractivity contribution in [1.82, 2.24) is 0 Å². The minimum Gasteiger partial charge on any atom is -0.284 e. The van der Waals surface area contributed by atoms with E-state index >= 15 is 0 Å². The van der Waals surface area contributed by atoms with Gasteiger partial charge in [0.15, 0.2) is 0 Å². The molecular formula is C12H15N. The minimum absolute atomic E-state index is 0.167. The Kier molecular flexibility index (Phi) is 1.95. The van der Waals surface area contributed by atoms with Gasteiger partial charge in [0.05, 0.1) is 5.71 Å². The van der Waals surface area contributed by atoms with E-state index in [1.165, 1.54) is 5.57 Å². The Morgan fingerprint density at radius 2 is 2.00 bits per heavy atom. The first kappa shape index (κ1) is 8.49. The van der Waals surface area contributed by atoms with Gasteiger partial charge in [-0.2, -0.15) is 0 Å².